The molecular weight excluding hydrogens is 693 g/mol. The van der Waals surface area contributed by atoms with Gasteiger partial charge in [0.05, 0.1) is 67.1 Å². The lowest BCUT2D eigenvalue weighted by molar-refractivity contribution is -0.897. The lowest BCUT2D eigenvalue weighted by Crippen LogP contribution is -2.61. The second kappa shape index (κ2) is 13.3. The van der Waals surface area contributed by atoms with Gasteiger partial charge in [0.25, 0.3) is 17.7 Å². The summed E-state index contributed by atoms with van der Waals surface area (Å²) in [5.74, 6) is -1.48. The first-order chi connectivity index (χ1) is 24.0. The van der Waals surface area contributed by atoms with Crippen LogP contribution in [0.4, 0.5) is 24.5 Å². The number of carbonyl (C=O) groups is 3. The first-order valence-corrected chi connectivity index (χ1v) is 16.5. The number of likely N-dealkylation sites (tertiary alicyclic amines) is 1. The van der Waals surface area contributed by atoms with E-state index in [9.17, 15) is 32.7 Å². The van der Waals surface area contributed by atoms with Crippen LogP contribution in [0.2, 0.25) is 5.02 Å². The molecular formula is C33H37ClF3N10O4+. The number of rotatable bonds is 6. The number of aliphatic hydroxyl groups is 1. The smallest absolute Gasteiger partial charge is 0.397 e. The fraction of sp³-hybridized carbons (Fsp3) is 0.394. The van der Waals surface area contributed by atoms with Crippen molar-refractivity contribution < 1.29 is 37.1 Å². The van der Waals surface area contributed by atoms with Crippen molar-refractivity contribution in [3.8, 4) is 17.1 Å². The minimum atomic E-state index is -4.82. The van der Waals surface area contributed by atoms with E-state index in [0.29, 0.717) is 31.6 Å². The van der Waals surface area contributed by atoms with Gasteiger partial charge in [-0.1, -0.05) is 11.6 Å². The Labute approximate surface area is 295 Å². The Bertz CT molecular complexity index is 1970. The minimum Gasteiger partial charge on any atom is -0.397 e. The standard InChI is InChI=1S/C33H36ClF3N10O4/c1-43-25(23-19-46(42-27(23)33(35,36)37)26-7-4-20(38)17-39-26)18-40-28(43)29(48)41-21-5-6-22(24(34)16-21)30(49)44-10-12-45(13-11-44)31(50)32(51)8-14-47(2,3)15-9-32/h4-7,16-19,51H,8-15,38H2,1-3H3/p+1. The Balaban J connectivity index is 1.11. The van der Waals surface area contributed by atoms with Crippen LogP contribution >= 0.6 is 11.6 Å². The zero-order valence-electron chi connectivity index (χ0n) is 28.1. The van der Waals surface area contributed by atoms with Crippen molar-refractivity contribution in [3.05, 3.63) is 71.0 Å². The van der Waals surface area contributed by atoms with Crippen molar-refractivity contribution in [1.82, 2.24) is 34.1 Å². The number of alkyl halides is 3. The lowest BCUT2D eigenvalue weighted by Gasteiger charge is -2.44. The van der Waals surface area contributed by atoms with Crippen LogP contribution in [0.25, 0.3) is 17.1 Å². The van der Waals surface area contributed by atoms with Crippen LogP contribution in [-0.2, 0) is 18.0 Å². The molecule has 2 aliphatic rings. The SMILES string of the molecule is Cn1c(-c2cn(-c3ccc(N)cn3)nc2C(F)(F)F)cnc1C(=O)Nc1ccc(C(=O)N2CCN(C(=O)C3(O)CC[N+](C)(C)CC3)CC2)c(Cl)c1. The van der Waals surface area contributed by atoms with Crippen molar-refractivity contribution in [2.24, 2.45) is 7.05 Å². The van der Waals surface area contributed by atoms with Crippen LogP contribution in [0.15, 0.2) is 48.9 Å². The average molecular weight is 730 g/mol. The predicted molar refractivity (Wildman–Crippen MR) is 181 cm³/mol. The summed E-state index contributed by atoms with van der Waals surface area (Å²) in [6.45, 7) is 2.43. The molecule has 2 saturated heterocycles. The number of nitrogens with two attached hydrogens (primary N) is 1. The maximum atomic E-state index is 14.0. The van der Waals surface area contributed by atoms with E-state index < -0.39 is 23.4 Å². The fourth-order valence-corrected chi connectivity index (χ4v) is 6.51. The van der Waals surface area contributed by atoms with Crippen molar-refractivity contribution in [1.29, 1.82) is 0 Å². The van der Waals surface area contributed by atoms with E-state index in [2.05, 4.69) is 34.5 Å². The van der Waals surface area contributed by atoms with Gasteiger partial charge in [-0.25, -0.2) is 14.6 Å². The van der Waals surface area contributed by atoms with Crippen LogP contribution in [0.1, 0.15) is 39.5 Å². The van der Waals surface area contributed by atoms with Gasteiger partial charge in [-0.2, -0.15) is 18.3 Å². The van der Waals surface area contributed by atoms with E-state index in [1.165, 1.54) is 48.1 Å². The molecule has 18 heteroatoms. The number of piperidine rings is 1. The average Bonchev–Trinajstić information content (AvgIpc) is 3.70. The van der Waals surface area contributed by atoms with Crippen LogP contribution in [0.3, 0.4) is 0 Å². The zero-order valence-corrected chi connectivity index (χ0v) is 28.9. The highest BCUT2D eigenvalue weighted by Crippen LogP contribution is 2.37. The highest BCUT2D eigenvalue weighted by Gasteiger charge is 2.46. The van der Waals surface area contributed by atoms with E-state index in [0.717, 1.165) is 21.6 Å². The second-order valence-electron chi connectivity index (χ2n) is 13.5. The summed E-state index contributed by atoms with van der Waals surface area (Å²) in [4.78, 5) is 51.0. The summed E-state index contributed by atoms with van der Waals surface area (Å²) in [6.07, 6.45) is -0.485. The molecule has 2 aliphatic heterocycles. The summed E-state index contributed by atoms with van der Waals surface area (Å²) in [5.41, 5.74) is 3.45. The molecule has 0 saturated carbocycles. The van der Waals surface area contributed by atoms with Gasteiger partial charge in [-0.3, -0.25) is 14.4 Å². The number of benzene rings is 1. The monoisotopic (exact) mass is 729 g/mol. The Morgan fingerprint density at radius 2 is 1.67 bits per heavy atom. The van der Waals surface area contributed by atoms with Crippen molar-refractivity contribution in [2.75, 3.05) is 64.4 Å². The first-order valence-electron chi connectivity index (χ1n) is 16.1. The minimum absolute atomic E-state index is 0.0222. The van der Waals surface area contributed by atoms with Gasteiger partial charge in [0, 0.05) is 58.0 Å². The number of pyridine rings is 1. The Hall–Kier alpha value is -5.00. The molecule has 0 spiro atoms. The number of nitrogens with one attached hydrogen (secondary N) is 1. The van der Waals surface area contributed by atoms with E-state index in [1.807, 2.05) is 0 Å². The molecule has 3 aromatic heterocycles. The largest absolute Gasteiger partial charge is 0.435 e. The van der Waals surface area contributed by atoms with Crippen LogP contribution in [0.5, 0.6) is 0 Å². The molecule has 14 nitrogen and oxygen atoms in total. The van der Waals surface area contributed by atoms with E-state index >= 15 is 0 Å². The van der Waals surface area contributed by atoms with E-state index in [1.54, 1.807) is 9.80 Å². The molecule has 6 rings (SSSR count). The summed E-state index contributed by atoms with van der Waals surface area (Å²) in [5, 5.41) is 17.4. The molecule has 1 aromatic carbocycles. The number of imidazole rings is 1. The summed E-state index contributed by atoms with van der Waals surface area (Å²) < 4.78 is 45.0. The molecule has 51 heavy (non-hydrogen) atoms. The van der Waals surface area contributed by atoms with Crippen LogP contribution < -0.4 is 11.1 Å². The topological polar surface area (TPSA) is 164 Å². The lowest BCUT2D eigenvalue weighted by atomic mass is 9.89. The maximum Gasteiger partial charge on any atom is 0.435 e. The number of carbonyl (C=O) groups excluding carboxylic acids is 3. The van der Waals surface area contributed by atoms with Gasteiger partial charge in [0.1, 0.15) is 0 Å². The fourth-order valence-electron chi connectivity index (χ4n) is 6.25. The Morgan fingerprint density at radius 3 is 2.27 bits per heavy atom. The number of amides is 3. The number of hydrogen-bond donors (Lipinski definition) is 3. The molecule has 3 amide bonds. The number of hydrogen-bond acceptors (Lipinski definition) is 8. The predicted octanol–water partition coefficient (Wildman–Crippen LogP) is 3.06. The van der Waals surface area contributed by atoms with Crippen LogP contribution in [0, 0.1) is 0 Å². The van der Waals surface area contributed by atoms with Crippen molar-refractivity contribution >= 4 is 40.7 Å². The number of nitrogens with zero attached hydrogens (tertiary/aromatic N) is 8. The third-order valence-electron chi connectivity index (χ3n) is 9.43. The molecule has 4 aromatic rings. The number of piperazine rings is 1. The first kappa shape index (κ1) is 35.8. The molecule has 0 radical (unpaired) electrons. The maximum absolute atomic E-state index is 14.0. The Kier molecular flexibility index (Phi) is 9.32. The third-order valence-corrected chi connectivity index (χ3v) is 9.74. The van der Waals surface area contributed by atoms with Crippen LogP contribution in [-0.4, -0.2) is 120 Å². The molecule has 270 valence electrons. The quantitative estimate of drug-likeness (QED) is 0.255. The number of halogens is 4. The van der Waals surface area contributed by atoms with Gasteiger partial charge in [-0.15, -0.1) is 0 Å². The summed E-state index contributed by atoms with van der Waals surface area (Å²) >= 11 is 6.49. The van der Waals surface area contributed by atoms with Gasteiger partial charge < -0.3 is 35.0 Å². The molecule has 5 heterocycles. The van der Waals surface area contributed by atoms with Gasteiger partial charge in [0.15, 0.2) is 22.9 Å². The molecule has 0 aliphatic carbocycles. The highest BCUT2D eigenvalue weighted by atomic mass is 35.5. The molecule has 4 N–H and O–H groups in total. The number of aromatic nitrogens is 5. The number of quaternary nitrogens is 1. The molecule has 0 unspecified atom stereocenters. The number of anilines is 2. The number of nitrogen functional groups attached to an aromatic ring is 1. The van der Waals surface area contributed by atoms with Gasteiger partial charge in [-0.05, 0) is 30.3 Å². The van der Waals surface area contributed by atoms with Gasteiger partial charge >= 0.3 is 6.18 Å². The van der Waals surface area contributed by atoms with E-state index in [-0.39, 0.29) is 77.2 Å². The highest BCUT2D eigenvalue weighted by molar-refractivity contribution is 6.34. The zero-order chi connectivity index (χ0) is 36.9. The molecule has 2 fully saturated rings. The Morgan fingerprint density at radius 1 is 1.00 bits per heavy atom. The molecule has 0 bridgehead atoms. The third kappa shape index (κ3) is 7.27. The van der Waals surface area contributed by atoms with Gasteiger partial charge in [0.2, 0.25) is 0 Å². The normalized spacial score (nSPS) is 17.3. The van der Waals surface area contributed by atoms with Crippen molar-refractivity contribution in [2.45, 2.75) is 24.6 Å². The second-order valence-corrected chi connectivity index (χ2v) is 13.9. The summed E-state index contributed by atoms with van der Waals surface area (Å²) in [7, 11) is 5.53. The van der Waals surface area contributed by atoms with E-state index in [4.69, 9.17) is 17.3 Å². The van der Waals surface area contributed by atoms with Crippen molar-refractivity contribution in [3.63, 3.8) is 0 Å². The molecule has 0 atom stereocenters. The summed E-state index contributed by atoms with van der Waals surface area (Å²) in [6, 6.07) is 7.23.